The van der Waals surface area contributed by atoms with E-state index in [-0.39, 0.29) is 5.91 Å². The van der Waals surface area contributed by atoms with Gasteiger partial charge in [-0.1, -0.05) is 12.1 Å². The number of carbonyl (C=O) groups is 1. The zero-order valence-electron chi connectivity index (χ0n) is 11.8. The molecule has 0 saturated carbocycles. The first-order chi connectivity index (χ1) is 10.1. The van der Waals surface area contributed by atoms with Gasteiger partial charge in [0.25, 0.3) is 5.91 Å². The number of hydrogen-bond acceptors (Lipinski definition) is 4. The molecule has 1 aromatic carbocycles. The lowest BCUT2D eigenvalue weighted by atomic mass is 10.1. The van der Waals surface area contributed by atoms with Gasteiger partial charge in [0.1, 0.15) is 0 Å². The van der Waals surface area contributed by atoms with Crippen molar-refractivity contribution in [1.29, 1.82) is 0 Å². The van der Waals surface area contributed by atoms with Gasteiger partial charge in [-0.25, -0.2) is 0 Å². The summed E-state index contributed by atoms with van der Waals surface area (Å²) < 4.78 is 0. The van der Waals surface area contributed by atoms with E-state index < -0.39 is 6.10 Å². The van der Waals surface area contributed by atoms with Crippen molar-refractivity contribution in [3.05, 3.63) is 53.9 Å². The van der Waals surface area contributed by atoms with Gasteiger partial charge in [-0.2, -0.15) is 0 Å². The molecule has 0 aliphatic carbocycles. The second kappa shape index (κ2) is 5.54. The Kier molecular flexibility index (Phi) is 3.58. The van der Waals surface area contributed by atoms with Crippen molar-refractivity contribution in [2.24, 2.45) is 0 Å². The number of nitrogens with one attached hydrogen (secondary N) is 1. The van der Waals surface area contributed by atoms with Gasteiger partial charge in [0.05, 0.1) is 0 Å². The van der Waals surface area contributed by atoms with Crippen molar-refractivity contribution in [3.8, 4) is 0 Å². The minimum atomic E-state index is -1.05. The van der Waals surface area contributed by atoms with Crippen LogP contribution in [0.15, 0.2) is 42.6 Å². The second-order valence-corrected chi connectivity index (χ2v) is 5.16. The quantitative estimate of drug-likeness (QED) is 0.897. The molecule has 2 aromatic rings. The molecule has 3 rings (SSSR count). The number of aromatic nitrogens is 1. The lowest BCUT2D eigenvalue weighted by Gasteiger charge is -2.20. The summed E-state index contributed by atoms with van der Waals surface area (Å²) in [5, 5.41) is 12.4. The van der Waals surface area contributed by atoms with Crippen LogP contribution in [0.2, 0.25) is 0 Å². The monoisotopic (exact) mass is 283 g/mol. The standard InChI is InChI=1S/C16H17N3O2/c1-19(9-7-11-4-2-3-8-17-11)12-5-6-13-14(10-12)18-16(21)15(13)20/h2-6,8,10,15,20H,7,9H2,1H3,(H,18,21). The van der Waals surface area contributed by atoms with Gasteiger partial charge in [0.2, 0.25) is 0 Å². The molecule has 1 aromatic heterocycles. The molecule has 1 aliphatic rings. The summed E-state index contributed by atoms with van der Waals surface area (Å²) in [4.78, 5) is 17.8. The van der Waals surface area contributed by atoms with Crippen molar-refractivity contribution in [1.82, 2.24) is 4.98 Å². The topological polar surface area (TPSA) is 65.5 Å². The van der Waals surface area contributed by atoms with Crippen LogP contribution in [0, 0.1) is 0 Å². The van der Waals surface area contributed by atoms with Crippen LogP contribution in [-0.2, 0) is 11.2 Å². The maximum Gasteiger partial charge on any atom is 0.257 e. The van der Waals surface area contributed by atoms with Crippen molar-refractivity contribution in [2.45, 2.75) is 12.5 Å². The SMILES string of the molecule is CN(CCc1ccccn1)c1ccc2c(c1)NC(=O)C2O. The molecule has 21 heavy (non-hydrogen) atoms. The highest BCUT2D eigenvalue weighted by Crippen LogP contribution is 2.33. The molecule has 1 atom stereocenters. The Labute approximate surface area is 123 Å². The molecule has 1 unspecified atom stereocenters. The Morgan fingerprint density at radius 3 is 2.95 bits per heavy atom. The van der Waals surface area contributed by atoms with Crippen molar-refractivity contribution >= 4 is 17.3 Å². The average Bonchev–Trinajstić information content (AvgIpc) is 2.80. The van der Waals surface area contributed by atoms with Gasteiger partial charge < -0.3 is 15.3 Å². The summed E-state index contributed by atoms with van der Waals surface area (Å²) in [5.74, 6) is -0.363. The first-order valence-electron chi connectivity index (χ1n) is 6.89. The van der Waals surface area contributed by atoms with E-state index in [9.17, 15) is 9.90 Å². The normalized spacial score (nSPS) is 16.5. The van der Waals surface area contributed by atoms with Crippen LogP contribution in [0.25, 0.3) is 0 Å². The lowest BCUT2D eigenvalue weighted by Crippen LogP contribution is -2.20. The summed E-state index contributed by atoms with van der Waals surface area (Å²) in [5.41, 5.74) is 3.38. The van der Waals surface area contributed by atoms with E-state index in [1.54, 1.807) is 12.3 Å². The fraction of sp³-hybridized carbons (Fsp3) is 0.250. The molecule has 1 aliphatic heterocycles. The third-order valence-electron chi connectivity index (χ3n) is 3.71. The number of carbonyl (C=O) groups excluding carboxylic acids is 1. The Morgan fingerprint density at radius 1 is 1.33 bits per heavy atom. The Bertz CT molecular complexity index is 658. The predicted octanol–water partition coefficient (Wildman–Crippen LogP) is 1.75. The summed E-state index contributed by atoms with van der Waals surface area (Å²) in [6.45, 7) is 0.826. The van der Waals surface area contributed by atoms with Crippen molar-refractivity contribution in [3.63, 3.8) is 0 Å². The number of aliphatic hydroxyl groups excluding tert-OH is 1. The highest BCUT2D eigenvalue weighted by molar-refractivity contribution is 6.02. The van der Waals surface area contributed by atoms with Gasteiger partial charge in [0.15, 0.2) is 6.10 Å². The Morgan fingerprint density at radius 2 is 2.19 bits per heavy atom. The molecule has 5 heteroatoms. The third kappa shape index (κ3) is 2.73. The molecule has 0 radical (unpaired) electrons. The summed E-state index contributed by atoms with van der Waals surface area (Å²) >= 11 is 0. The van der Waals surface area contributed by atoms with E-state index >= 15 is 0 Å². The maximum atomic E-state index is 11.4. The molecule has 5 nitrogen and oxygen atoms in total. The number of fused-ring (bicyclic) bond motifs is 1. The van der Waals surface area contributed by atoms with Crippen LogP contribution < -0.4 is 10.2 Å². The zero-order valence-corrected chi connectivity index (χ0v) is 11.8. The minimum absolute atomic E-state index is 0.363. The fourth-order valence-corrected chi connectivity index (χ4v) is 2.43. The van der Waals surface area contributed by atoms with Crippen LogP contribution >= 0.6 is 0 Å². The number of benzene rings is 1. The Balaban J connectivity index is 1.70. The molecule has 0 bridgehead atoms. The smallest absolute Gasteiger partial charge is 0.257 e. The van der Waals surface area contributed by atoms with Gasteiger partial charge in [-0.3, -0.25) is 9.78 Å². The predicted molar refractivity (Wildman–Crippen MR) is 81.2 cm³/mol. The van der Waals surface area contributed by atoms with Crippen LogP contribution in [0.4, 0.5) is 11.4 Å². The molecule has 0 fully saturated rings. The van der Waals surface area contributed by atoms with Crippen LogP contribution in [0.3, 0.4) is 0 Å². The zero-order chi connectivity index (χ0) is 14.8. The van der Waals surface area contributed by atoms with E-state index in [2.05, 4.69) is 15.2 Å². The second-order valence-electron chi connectivity index (χ2n) is 5.16. The molecule has 2 N–H and O–H groups in total. The van der Waals surface area contributed by atoms with E-state index in [0.717, 1.165) is 24.3 Å². The van der Waals surface area contributed by atoms with Crippen LogP contribution in [0.1, 0.15) is 17.4 Å². The molecular weight excluding hydrogens is 266 g/mol. The lowest BCUT2D eigenvalue weighted by molar-refractivity contribution is -0.123. The molecule has 108 valence electrons. The number of aliphatic hydroxyl groups is 1. The van der Waals surface area contributed by atoms with E-state index in [4.69, 9.17) is 0 Å². The highest BCUT2D eigenvalue weighted by Gasteiger charge is 2.28. The summed E-state index contributed by atoms with van der Waals surface area (Å²) in [6, 6.07) is 11.5. The third-order valence-corrected chi connectivity index (χ3v) is 3.71. The molecular formula is C16H17N3O2. The number of pyridine rings is 1. The molecule has 1 amide bonds. The average molecular weight is 283 g/mol. The van der Waals surface area contributed by atoms with E-state index in [0.29, 0.717) is 11.3 Å². The number of rotatable bonds is 4. The fourth-order valence-electron chi connectivity index (χ4n) is 2.43. The number of amides is 1. The molecule has 2 heterocycles. The van der Waals surface area contributed by atoms with E-state index in [1.165, 1.54) is 0 Å². The van der Waals surface area contributed by atoms with Crippen molar-refractivity contribution < 1.29 is 9.90 Å². The van der Waals surface area contributed by atoms with Gasteiger partial charge in [-0.15, -0.1) is 0 Å². The number of anilines is 2. The maximum absolute atomic E-state index is 11.4. The van der Waals surface area contributed by atoms with Crippen LogP contribution in [-0.4, -0.2) is 29.6 Å². The summed E-state index contributed by atoms with van der Waals surface area (Å²) in [7, 11) is 2.00. The summed E-state index contributed by atoms with van der Waals surface area (Å²) in [6.07, 6.45) is 1.60. The van der Waals surface area contributed by atoms with Gasteiger partial charge in [-0.05, 0) is 24.3 Å². The number of likely N-dealkylation sites (N-methyl/N-ethyl adjacent to an activating group) is 1. The highest BCUT2D eigenvalue weighted by atomic mass is 16.3. The first kappa shape index (κ1) is 13.6. The first-order valence-corrected chi connectivity index (χ1v) is 6.89. The Hall–Kier alpha value is -2.40. The van der Waals surface area contributed by atoms with Gasteiger partial charge in [0, 0.05) is 48.8 Å². The van der Waals surface area contributed by atoms with E-state index in [1.807, 2.05) is 37.4 Å². The van der Waals surface area contributed by atoms with Gasteiger partial charge >= 0.3 is 0 Å². The van der Waals surface area contributed by atoms with Crippen LogP contribution in [0.5, 0.6) is 0 Å². The largest absolute Gasteiger partial charge is 0.378 e. The molecule has 0 spiro atoms. The molecule has 0 saturated heterocycles. The minimum Gasteiger partial charge on any atom is -0.378 e. The van der Waals surface area contributed by atoms with Crippen molar-refractivity contribution in [2.75, 3.05) is 23.8 Å². The number of hydrogen-bond donors (Lipinski definition) is 2. The number of nitrogens with zero attached hydrogens (tertiary/aromatic N) is 2.